The number of nitrogens with zero attached hydrogens (tertiary/aromatic N) is 1. The van der Waals surface area contributed by atoms with Crippen molar-refractivity contribution < 1.29 is 17.0 Å². The predicted octanol–water partition coefficient (Wildman–Crippen LogP) is 0.703. The summed E-state index contributed by atoms with van der Waals surface area (Å²) in [7, 11) is -4.06. The summed E-state index contributed by atoms with van der Waals surface area (Å²) in [6, 6.07) is 1.35. The van der Waals surface area contributed by atoms with Gasteiger partial charge in [-0.25, -0.2) is 10.1 Å². The zero-order chi connectivity index (χ0) is 10.8. The first-order valence-corrected chi connectivity index (χ1v) is 5.62. The minimum atomic E-state index is -4.06. The van der Waals surface area contributed by atoms with Crippen LogP contribution in [0.15, 0.2) is 16.7 Å². The number of halogens is 2. The molecule has 0 spiro atoms. The molecule has 0 atom stereocenters. The molecule has 8 heteroatoms. The lowest BCUT2D eigenvalue weighted by Crippen LogP contribution is -2.16. The van der Waals surface area contributed by atoms with E-state index in [1.807, 2.05) is 0 Å². The Hall–Kier alpha value is -0.570. The highest BCUT2D eigenvalue weighted by molar-refractivity contribution is 9.10. The largest absolute Gasteiger partial charge is 0.333 e. The second-order valence-corrected chi connectivity index (χ2v) is 4.50. The summed E-state index contributed by atoms with van der Waals surface area (Å²) in [5, 5.41) is 4.57. The molecule has 0 amide bonds. The van der Waals surface area contributed by atoms with Crippen molar-refractivity contribution in [3.05, 3.63) is 28.2 Å². The molecule has 0 aromatic carbocycles. The van der Waals surface area contributed by atoms with Gasteiger partial charge in [0.15, 0.2) is 0 Å². The number of nitrogens with two attached hydrogens (primary N) is 1. The third-order valence-corrected chi connectivity index (χ3v) is 2.14. The van der Waals surface area contributed by atoms with Crippen LogP contribution in [0, 0.1) is 5.95 Å². The molecule has 5 nitrogen and oxygen atoms in total. The van der Waals surface area contributed by atoms with E-state index in [0.29, 0.717) is 4.47 Å². The molecule has 0 saturated carbocycles. The van der Waals surface area contributed by atoms with Crippen LogP contribution in [0.4, 0.5) is 4.39 Å². The second-order valence-electron chi connectivity index (χ2n) is 2.36. The van der Waals surface area contributed by atoms with Gasteiger partial charge in [-0.2, -0.15) is 12.8 Å². The molecule has 78 valence electrons. The van der Waals surface area contributed by atoms with Gasteiger partial charge in [-0.1, -0.05) is 0 Å². The van der Waals surface area contributed by atoms with Crippen molar-refractivity contribution in [2.24, 2.45) is 5.14 Å². The third kappa shape index (κ3) is 3.66. The van der Waals surface area contributed by atoms with E-state index in [1.54, 1.807) is 0 Å². The minimum Gasteiger partial charge on any atom is -0.253 e. The molecular formula is C6H6BrFN2O3S. The van der Waals surface area contributed by atoms with Crippen LogP contribution < -0.4 is 5.14 Å². The van der Waals surface area contributed by atoms with Crippen molar-refractivity contribution in [1.29, 1.82) is 0 Å². The molecule has 0 fully saturated rings. The van der Waals surface area contributed by atoms with Crippen molar-refractivity contribution in [3.63, 3.8) is 0 Å². The Morgan fingerprint density at radius 1 is 1.64 bits per heavy atom. The van der Waals surface area contributed by atoms with Gasteiger partial charge in [-0.05, 0) is 22.0 Å². The molecule has 1 aromatic heterocycles. The van der Waals surface area contributed by atoms with Crippen LogP contribution in [-0.4, -0.2) is 13.4 Å². The molecule has 0 saturated heterocycles. The standard InChI is InChI=1S/C6H6BrFN2O3S/c7-5-1-4(6(8)10-2-5)3-13-14(9,11)12/h1-2H,3H2,(H2,9,11,12). The molecule has 0 aliphatic rings. The van der Waals surface area contributed by atoms with E-state index in [2.05, 4.69) is 30.2 Å². The van der Waals surface area contributed by atoms with Crippen molar-refractivity contribution in [3.8, 4) is 0 Å². The van der Waals surface area contributed by atoms with Gasteiger partial charge in [0.25, 0.3) is 0 Å². The lowest BCUT2D eigenvalue weighted by molar-refractivity contribution is 0.301. The summed E-state index contributed by atoms with van der Waals surface area (Å²) < 4.78 is 38.4. The fourth-order valence-electron chi connectivity index (χ4n) is 0.711. The predicted molar refractivity (Wildman–Crippen MR) is 49.8 cm³/mol. The number of pyridine rings is 1. The maximum atomic E-state index is 12.9. The van der Waals surface area contributed by atoms with Gasteiger partial charge in [-0.3, -0.25) is 4.18 Å². The fraction of sp³-hybridized carbons (Fsp3) is 0.167. The third-order valence-electron chi connectivity index (χ3n) is 1.26. The average molecular weight is 285 g/mol. The maximum absolute atomic E-state index is 12.9. The Balaban J connectivity index is 2.81. The van der Waals surface area contributed by atoms with Crippen molar-refractivity contribution >= 4 is 26.2 Å². The second kappa shape index (κ2) is 4.30. The van der Waals surface area contributed by atoms with Crippen LogP contribution in [-0.2, 0) is 21.1 Å². The van der Waals surface area contributed by atoms with E-state index in [4.69, 9.17) is 0 Å². The highest BCUT2D eigenvalue weighted by atomic mass is 79.9. The number of aromatic nitrogens is 1. The molecule has 0 aliphatic carbocycles. The topological polar surface area (TPSA) is 82.3 Å². The van der Waals surface area contributed by atoms with Gasteiger partial charge in [0, 0.05) is 16.2 Å². The molecule has 0 radical (unpaired) electrons. The Morgan fingerprint density at radius 3 is 2.86 bits per heavy atom. The van der Waals surface area contributed by atoms with Crippen LogP contribution in [0.2, 0.25) is 0 Å². The molecule has 2 N–H and O–H groups in total. The van der Waals surface area contributed by atoms with Gasteiger partial charge in [0.05, 0.1) is 6.61 Å². The smallest absolute Gasteiger partial charge is 0.253 e. The van der Waals surface area contributed by atoms with Crippen LogP contribution in [0.1, 0.15) is 5.56 Å². The molecule has 1 aromatic rings. The number of hydrogen-bond acceptors (Lipinski definition) is 4. The zero-order valence-electron chi connectivity index (χ0n) is 6.78. The SMILES string of the molecule is NS(=O)(=O)OCc1cc(Br)cnc1F. The summed E-state index contributed by atoms with van der Waals surface area (Å²) in [5.41, 5.74) is 0.00778. The lowest BCUT2D eigenvalue weighted by Gasteiger charge is -2.02. The normalized spacial score (nSPS) is 11.6. The molecule has 14 heavy (non-hydrogen) atoms. The fourth-order valence-corrected chi connectivity index (χ4v) is 1.38. The van der Waals surface area contributed by atoms with Crippen LogP contribution >= 0.6 is 15.9 Å². The van der Waals surface area contributed by atoms with Gasteiger partial charge < -0.3 is 0 Å². The molecular weight excluding hydrogens is 279 g/mol. The number of rotatable bonds is 3. The van der Waals surface area contributed by atoms with E-state index in [-0.39, 0.29) is 5.56 Å². The van der Waals surface area contributed by atoms with Crippen molar-refractivity contribution in [2.75, 3.05) is 0 Å². The first kappa shape index (κ1) is 11.5. The first-order chi connectivity index (χ1) is 6.38. The van der Waals surface area contributed by atoms with Gasteiger partial charge in [0.1, 0.15) is 0 Å². The highest BCUT2D eigenvalue weighted by Crippen LogP contribution is 2.14. The molecule has 0 unspecified atom stereocenters. The Morgan fingerprint density at radius 2 is 2.29 bits per heavy atom. The number of hydrogen-bond donors (Lipinski definition) is 1. The molecule has 1 rings (SSSR count). The van der Waals surface area contributed by atoms with Crippen LogP contribution in [0.3, 0.4) is 0 Å². The minimum absolute atomic E-state index is 0.00778. The van der Waals surface area contributed by atoms with Crippen molar-refractivity contribution in [2.45, 2.75) is 6.61 Å². The summed E-state index contributed by atoms with van der Waals surface area (Å²) in [6.45, 7) is -0.475. The monoisotopic (exact) mass is 284 g/mol. The Bertz CT molecular complexity index is 437. The van der Waals surface area contributed by atoms with E-state index in [9.17, 15) is 12.8 Å². The zero-order valence-corrected chi connectivity index (χ0v) is 9.18. The van der Waals surface area contributed by atoms with Gasteiger partial charge in [0.2, 0.25) is 5.95 Å². The average Bonchev–Trinajstić information content (AvgIpc) is 2.05. The molecule has 1 heterocycles. The van der Waals surface area contributed by atoms with E-state index in [0.717, 1.165) is 0 Å². The Labute approximate surface area is 88.5 Å². The van der Waals surface area contributed by atoms with Gasteiger partial charge >= 0.3 is 10.3 Å². The lowest BCUT2D eigenvalue weighted by atomic mass is 10.3. The summed E-state index contributed by atoms with van der Waals surface area (Å²) in [5.74, 6) is -0.795. The Kier molecular flexibility index (Phi) is 3.53. The summed E-state index contributed by atoms with van der Waals surface area (Å²) in [4.78, 5) is 3.35. The maximum Gasteiger partial charge on any atom is 0.333 e. The molecule has 0 aliphatic heterocycles. The summed E-state index contributed by atoms with van der Waals surface area (Å²) >= 11 is 3.05. The van der Waals surface area contributed by atoms with E-state index < -0.39 is 22.9 Å². The first-order valence-electron chi connectivity index (χ1n) is 3.35. The van der Waals surface area contributed by atoms with Crippen LogP contribution in [0.5, 0.6) is 0 Å². The summed E-state index contributed by atoms with van der Waals surface area (Å²) in [6.07, 6.45) is 1.25. The quantitative estimate of drug-likeness (QED) is 0.829. The molecule has 0 bridgehead atoms. The van der Waals surface area contributed by atoms with E-state index in [1.165, 1.54) is 12.3 Å². The van der Waals surface area contributed by atoms with Crippen LogP contribution in [0.25, 0.3) is 0 Å². The van der Waals surface area contributed by atoms with Crippen molar-refractivity contribution in [1.82, 2.24) is 4.98 Å². The van der Waals surface area contributed by atoms with Gasteiger partial charge in [-0.15, -0.1) is 0 Å². The van der Waals surface area contributed by atoms with E-state index >= 15 is 0 Å². The highest BCUT2D eigenvalue weighted by Gasteiger charge is 2.08.